The van der Waals surface area contributed by atoms with Gasteiger partial charge in [0.1, 0.15) is 12.3 Å². The number of nitrogens with zero attached hydrogens (tertiary/aromatic N) is 1. The van der Waals surface area contributed by atoms with E-state index in [1.54, 1.807) is 6.07 Å². The van der Waals surface area contributed by atoms with Crippen molar-refractivity contribution in [3.8, 4) is 5.75 Å². The minimum absolute atomic E-state index is 0.0203. The number of hydrogen-bond acceptors (Lipinski definition) is 2. The highest BCUT2D eigenvalue weighted by molar-refractivity contribution is 5.80. The summed E-state index contributed by atoms with van der Waals surface area (Å²) in [6.07, 6.45) is -2.53. The summed E-state index contributed by atoms with van der Waals surface area (Å²) in [4.78, 5) is 13.3. The third-order valence-corrected chi connectivity index (χ3v) is 4.00. The molecule has 1 atom stereocenters. The lowest BCUT2D eigenvalue weighted by molar-refractivity contribution is -0.164. The summed E-state index contributed by atoms with van der Waals surface area (Å²) in [5, 5.41) is 0. The molecule has 1 heterocycles. The van der Waals surface area contributed by atoms with E-state index in [1.807, 2.05) is 26.0 Å². The van der Waals surface area contributed by atoms with Crippen molar-refractivity contribution in [2.75, 3.05) is 13.2 Å². The molecule has 0 N–H and O–H groups in total. The van der Waals surface area contributed by atoms with Crippen molar-refractivity contribution in [1.82, 2.24) is 4.90 Å². The fraction of sp³-hybridized carbons (Fsp3) is 0.588. The molecular weight excluding hydrogens is 307 g/mol. The van der Waals surface area contributed by atoms with Crippen LogP contribution in [0, 0.1) is 5.92 Å². The molecule has 0 fully saturated rings. The quantitative estimate of drug-likeness (QED) is 0.819. The summed E-state index contributed by atoms with van der Waals surface area (Å²) in [6.45, 7) is 3.15. The molecule has 0 radical (unpaired) electrons. The van der Waals surface area contributed by atoms with Crippen molar-refractivity contribution in [2.45, 2.75) is 45.8 Å². The molecule has 1 aliphatic heterocycles. The predicted molar refractivity (Wildman–Crippen MR) is 81.2 cm³/mol. The van der Waals surface area contributed by atoms with Gasteiger partial charge in [0.15, 0.2) is 0 Å². The van der Waals surface area contributed by atoms with Crippen molar-refractivity contribution >= 4 is 5.91 Å². The molecule has 128 valence electrons. The molecule has 0 unspecified atom stereocenters. The van der Waals surface area contributed by atoms with E-state index in [-0.39, 0.29) is 6.54 Å². The number of benzene rings is 1. The van der Waals surface area contributed by atoms with Gasteiger partial charge in [-0.25, -0.2) is 0 Å². The van der Waals surface area contributed by atoms with Crippen molar-refractivity contribution in [2.24, 2.45) is 5.92 Å². The van der Waals surface area contributed by atoms with Gasteiger partial charge in [-0.2, -0.15) is 13.2 Å². The summed E-state index contributed by atoms with van der Waals surface area (Å²) in [5.74, 6) is -0.182. The topological polar surface area (TPSA) is 29.5 Å². The molecule has 23 heavy (non-hydrogen) atoms. The number of ether oxygens (including phenoxy) is 1. The molecular formula is C17H22F3NO2. The van der Waals surface area contributed by atoms with Crippen LogP contribution >= 0.6 is 0 Å². The van der Waals surface area contributed by atoms with Gasteiger partial charge in [-0.15, -0.1) is 0 Å². The zero-order valence-corrected chi connectivity index (χ0v) is 13.4. The maximum absolute atomic E-state index is 12.8. The van der Waals surface area contributed by atoms with Crippen LogP contribution in [0.5, 0.6) is 5.75 Å². The molecule has 1 amide bonds. The first-order chi connectivity index (χ1) is 10.8. The number of carbonyl (C=O) groups excluding carboxylic acids is 1. The zero-order valence-electron chi connectivity index (χ0n) is 13.4. The Morgan fingerprint density at radius 1 is 1.26 bits per heavy atom. The van der Waals surface area contributed by atoms with Gasteiger partial charge in [-0.1, -0.05) is 19.9 Å². The van der Waals surface area contributed by atoms with E-state index in [4.69, 9.17) is 4.74 Å². The van der Waals surface area contributed by atoms with E-state index < -0.39 is 24.5 Å². The van der Waals surface area contributed by atoms with Crippen LogP contribution in [-0.2, 0) is 17.8 Å². The average Bonchev–Trinajstić information content (AvgIpc) is 2.61. The monoisotopic (exact) mass is 329 g/mol. The van der Waals surface area contributed by atoms with Crippen molar-refractivity contribution in [1.29, 1.82) is 0 Å². The van der Waals surface area contributed by atoms with Crippen molar-refractivity contribution in [3.05, 3.63) is 29.3 Å². The summed E-state index contributed by atoms with van der Waals surface area (Å²) in [7, 11) is 0. The lowest BCUT2D eigenvalue weighted by atomic mass is 9.95. The predicted octanol–water partition coefficient (Wildman–Crippen LogP) is 3.95. The second-order valence-corrected chi connectivity index (χ2v) is 5.90. The van der Waals surface area contributed by atoms with Crippen LogP contribution in [-0.4, -0.2) is 30.1 Å². The Hall–Kier alpha value is -1.72. The van der Waals surface area contributed by atoms with Crippen LogP contribution in [0.15, 0.2) is 18.2 Å². The molecule has 0 saturated carbocycles. The number of halogens is 3. The lowest BCUT2D eigenvalue weighted by Gasteiger charge is -2.25. The standard InChI is InChI=1S/C17H22F3NO2/c1-3-7-23-15-6-5-13-8-12(4-2)16(22)21(10-14(13)9-15)11-17(18,19)20/h5-6,9,12H,3-4,7-8,10-11H2,1-2H3/t12-/m1/s1. The summed E-state index contributed by atoms with van der Waals surface area (Å²) >= 11 is 0. The van der Waals surface area contributed by atoms with E-state index in [1.165, 1.54) is 0 Å². The Bertz CT molecular complexity index is 557. The highest BCUT2D eigenvalue weighted by Gasteiger charge is 2.37. The minimum Gasteiger partial charge on any atom is -0.494 e. The number of rotatable bonds is 5. The first-order valence-electron chi connectivity index (χ1n) is 7.94. The maximum Gasteiger partial charge on any atom is 0.406 e. The highest BCUT2D eigenvalue weighted by atomic mass is 19.4. The van der Waals surface area contributed by atoms with Gasteiger partial charge in [0.2, 0.25) is 5.91 Å². The molecule has 1 aromatic carbocycles. The van der Waals surface area contributed by atoms with Gasteiger partial charge >= 0.3 is 6.18 Å². The molecule has 1 aliphatic rings. The normalized spacial score (nSPS) is 18.6. The Balaban J connectivity index is 2.30. The van der Waals surface area contributed by atoms with Gasteiger partial charge in [0, 0.05) is 12.5 Å². The molecule has 0 bridgehead atoms. The van der Waals surface area contributed by atoms with E-state index in [9.17, 15) is 18.0 Å². The molecule has 1 aromatic rings. The second-order valence-electron chi connectivity index (χ2n) is 5.90. The molecule has 3 nitrogen and oxygen atoms in total. The first-order valence-corrected chi connectivity index (χ1v) is 7.94. The van der Waals surface area contributed by atoms with Crippen molar-refractivity contribution in [3.63, 3.8) is 0 Å². The molecule has 6 heteroatoms. The zero-order chi connectivity index (χ0) is 17.0. The number of alkyl halides is 3. The van der Waals surface area contributed by atoms with Crippen molar-refractivity contribution < 1.29 is 22.7 Å². The van der Waals surface area contributed by atoms with E-state index in [2.05, 4.69) is 0 Å². The lowest BCUT2D eigenvalue weighted by Crippen LogP contribution is -2.40. The van der Waals surface area contributed by atoms with Gasteiger partial charge in [0.05, 0.1) is 6.61 Å². The van der Waals surface area contributed by atoms with Crippen LogP contribution in [0.3, 0.4) is 0 Å². The highest BCUT2D eigenvalue weighted by Crippen LogP contribution is 2.30. The Kier molecular flexibility index (Phi) is 5.55. The third-order valence-electron chi connectivity index (χ3n) is 4.00. The van der Waals surface area contributed by atoms with Crippen LogP contribution in [0.2, 0.25) is 0 Å². The summed E-state index contributed by atoms with van der Waals surface area (Å²) in [6, 6.07) is 5.46. The fourth-order valence-corrected chi connectivity index (χ4v) is 2.82. The van der Waals surface area contributed by atoms with E-state index >= 15 is 0 Å². The van der Waals surface area contributed by atoms with Gasteiger partial charge in [-0.05, 0) is 42.5 Å². The molecule has 2 rings (SSSR count). The Morgan fingerprint density at radius 3 is 2.61 bits per heavy atom. The van der Waals surface area contributed by atoms with Crippen LogP contribution in [0.1, 0.15) is 37.8 Å². The van der Waals surface area contributed by atoms with Crippen LogP contribution in [0.4, 0.5) is 13.2 Å². The number of carbonyl (C=O) groups is 1. The fourth-order valence-electron chi connectivity index (χ4n) is 2.82. The number of fused-ring (bicyclic) bond motifs is 1. The van der Waals surface area contributed by atoms with Gasteiger partial charge in [0.25, 0.3) is 0 Å². The average molecular weight is 329 g/mol. The van der Waals surface area contributed by atoms with E-state index in [0.717, 1.165) is 22.4 Å². The van der Waals surface area contributed by atoms with Crippen LogP contribution < -0.4 is 4.74 Å². The van der Waals surface area contributed by atoms with E-state index in [0.29, 0.717) is 25.2 Å². The SMILES string of the molecule is CCCOc1ccc2c(c1)CN(CC(F)(F)F)C(=O)[C@H](CC)C2. The Morgan fingerprint density at radius 2 is 2.00 bits per heavy atom. The molecule has 0 spiro atoms. The second kappa shape index (κ2) is 7.23. The van der Waals surface area contributed by atoms with Crippen LogP contribution in [0.25, 0.3) is 0 Å². The Labute approximate surface area is 134 Å². The molecule has 0 aliphatic carbocycles. The summed E-state index contributed by atoms with van der Waals surface area (Å²) in [5.41, 5.74) is 1.67. The maximum atomic E-state index is 12.8. The molecule has 0 aromatic heterocycles. The summed E-state index contributed by atoms with van der Waals surface area (Å²) < 4.78 is 43.9. The van der Waals surface area contributed by atoms with Gasteiger partial charge < -0.3 is 9.64 Å². The molecule has 0 saturated heterocycles. The largest absolute Gasteiger partial charge is 0.494 e. The number of hydrogen-bond donors (Lipinski definition) is 0. The van der Waals surface area contributed by atoms with Gasteiger partial charge in [-0.3, -0.25) is 4.79 Å². The minimum atomic E-state index is -4.39. The first kappa shape index (κ1) is 17.6. The number of amides is 1. The smallest absolute Gasteiger partial charge is 0.406 e. The third kappa shape index (κ3) is 4.62.